The maximum atomic E-state index is 12.2. The van der Waals surface area contributed by atoms with Crippen LogP contribution in [0.4, 0.5) is 0 Å². The lowest BCUT2D eigenvalue weighted by molar-refractivity contribution is 0.0951. The van der Waals surface area contributed by atoms with Crippen LogP contribution >= 0.6 is 23.2 Å². The number of halogens is 2. The van der Waals surface area contributed by atoms with E-state index >= 15 is 0 Å². The van der Waals surface area contributed by atoms with Crippen LogP contribution in [0.25, 0.3) is 0 Å². The van der Waals surface area contributed by atoms with E-state index in [4.69, 9.17) is 27.9 Å². The highest BCUT2D eigenvalue weighted by molar-refractivity contribution is 6.37. The lowest BCUT2D eigenvalue weighted by atomic mass is 10.1. The maximum absolute atomic E-state index is 12.2. The van der Waals surface area contributed by atoms with Gasteiger partial charge in [-0.3, -0.25) is 4.79 Å². The molecule has 5 heteroatoms. The first-order chi connectivity index (χ1) is 10.5. The highest BCUT2D eigenvalue weighted by Crippen LogP contribution is 2.34. The Bertz CT molecular complexity index is 646. The summed E-state index contributed by atoms with van der Waals surface area (Å²) < 4.78 is 5.35. The summed E-state index contributed by atoms with van der Waals surface area (Å²) in [6.07, 6.45) is 0. The molecule has 0 saturated carbocycles. The molecule has 0 fully saturated rings. The quantitative estimate of drug-likeness (QED) is 0.863. The Kier molecular flexibility index (Phi) is 5.69. The summed E-state index contributed by atoms with van der Waals surface area (Å²) in [6.45, 7) is 4.76. The Labute approximate surface area is 140 Å². The normalized spacial score (nSPS) is 10.4. The molecule has 3 nitrogen and oxygen atoms in total. The summed E-state index contributed by atoms with van der Waals surface area (Å²) in [5.41, 5.74) is 2.62. The van der Waals surface area contributed by atoms with Crippen LogP contribution in [0.5, 0.6) is 5.75 Å². The largest absolute Gasteiger partial charge is 0.491 e. The second-order valence-corrected chi connectivity index (χ2v) is 5.68. The van der Waals surface area contributed by atoms with Crippen molar-refractivity contribution in [2.75, 3.05) is 6.61 Å². The van der Waals surface area contributed by atoms with Crippen molar-refractivity contribution in [1.29, 1.82) is 0 Å². The van der Waals surface area contributed by atoms with Gasteiger partial charge in [-0.2, -0.15) is 0 Å². The number of ether oxygens (including phenoxy) is 1. The van der Waals surface area contributed by atoms with Crippen molar-refractivity contribution >= 4 is 29.1 Å². The zero-order valence-electron chi connectivity index (χ0n) is 12.5. The first kappa shape index (κ1) is 16.7. The van der Waals surface area contributed by atoms with E-state index in [1.807, 2.05) is 38.1 Å². The average Bonchev–Trinajstić information content (AvgIpc) is 2.50. The molecule has 0 unspecified atom stereocenters. The molecule has 0 radical (unpaired) electrons. The van der Waals surface area contributed by atoms with E-state index in [9.17, 15) is 4.79 Å². The average molecular weight is 338 g/mol. The molecule has 0 aliphatic heterocycles. The van der Waals surface area contributed by atoms with Crippen LogP contribution in [-0.4, -0.2) is 12.5 Å². The van der Waals surface area contributed by atoms with Crippen molar-refractivity contribution in [1.82, 2.24) is 5.32 Å². The van der Waals surface area contributed by atoms with Crippen LogP contribution < -0.4 is 10.1 Å². The Morgan fingerprint density at radius 1 is 1.14 bits per heavy atom. The number of aryl methyl sites for hydroxylation is 1. The summed E-state index contributed by atoms with van der Waals surface area (Å²) in [5, 5.41) is 3.50. The monoisotopic (exact) mass is 337 g/mol. The molecule has 0 spiro atoms. The lowest BCUT2D eigenvalue weighted by Gasteiger charge is -2.11. The van der Waals surface area contributed by atoms with Crippen molar-refractivity contribution in [2.45, 2.75) is 20.4 Å². The highest BCUT2D eigenvalue weighted by atomic mass is 35.5. The van der Waals surface area contributed by atoms with E-state index in [1.54, 1.807) is 12.1 Å². The number of benzene rings is 2. The Hall–Kier alpha value is -1.71. The van der Waals surface area contributed by atoms with Crippen molar-refractivity contribution in [3.63, 3.8) is 0 Å². The van der Waals surface area contributed by atoms with Gasteiger partial charge in [0.1, 0.15) is 0 Å². The van der Waals surface area contributed by atoms with E-state index in [2.05, 4.69) is 5.32 Å². The highest BCUT2D eigenvalue weighted by Gasteiger charge is 2.13. The fourth-order valence-corrected chi connectivity index (χ4v) is 2.56. The molecule has 2 aromatic carbocycles. The molecule has 2 aromatic rings. The predicted molar refractivity (Wildman–Crippen MR) is 90.0 cm³/mol. The number of carbonyl (C=O) groups is 1. The fraction of sp³-hybridized carbons (Fsp3) is 0.235. The van der Waals surface area contributed by atoms with Gasteiger partial charge in [-0.15, -0.1) is 0 Å². The molecule has 0 aliphatic carbocycles. The summed E-state index contributed by atoms with van der Waals surface area (Å²) in [5.74, 6) is 0.174. The summed E-state index contributed by atoms with van der Waals surface area (Å²) in [4.78, 5) is 12.2. The fourth-order valence-electron chi connectivity index (χ4n) is 1.96. The molecule has 0 bridgehead atoms. The van der Waals surface area contributed by atoms with Crippen LogP contribution in [0.2, 0.25) is 10.0 Å². The number of rotatable bonds is 5. The van der Waals surface area contributed by atoms with Crippen molar-refractivity contribution in [3.05, 3.63) is 63.1 Å². The second-order valence-electron chi connectivity index (χ2n) is 4.87. The van der Waals surface area contributed by atoms with Gasteiger partial charge in [-0.25, -0.2) is 0 Å². The number of amides is 1. The van der Waals surface area contributed by atoms with Gasteiger partial charge in [0.05, 0.1) is 16.7 Å². The molecule has 1 amide bonds. The van der Waals surface area contributed by atoms with Gasteiger partial charge in [0.2, 0.25) is 0 Å². The third-order valence-corrected chi connectivity index (χ3v) is 3.68. The van der Waals surface area contributed by atoms with Gasteiger partial charge < -0.3 is 10.1 Å². The molecular weight excluding hydrogens is 321 g/mol. The lowest BCUT2D eigenvalue weighted by Crippen LogP contribution is -2.22. The van der Waals surface area contributed by atoms with Gasteiger partial charge in [0.25, 0.3) is 5.91 Å². The molecule has 116 valence electrons. The van der Waals surface area contributed by atoms with Crippen LogP contribution in [0, 0.1) is 6.92 Å². The van der Waals surface area contributed by atoms with Crippen molar-refractivity contribution < 1.29 is 9.53 Å². The molecule has 0 aromatic heterocycles. The third-order valence-electron chi connectivity index (χ3n) is 3.12. The van der Waals surface area contributed by atoms with E-state index < -0.39 is 0 Å². The van der Waals surface area contributed by atoms with Crippen molar-refractivity contribution in [2.24, 2.45) is 0 Å². The van der Waals surface area contributed by atoms with E-state index in [0.29, 0.717) is 34.5 Å². The Balaban J connectivity index is 2.08. The van der Waals surface area contributed by atoms with E-state index in [1.165, 1.54) is 5.56 Å². The van der Waals surface area contributed by atoms with Gasteiger partial charge in [0.15, 0.2) is 5.75 Å². The molecule has 0 saturated heterocycles. The molecule has 0 aliphatic rings. The summed E-state index contributed by atoms with van der Waals surface area (Å²) >= 11 is 12.2. The minimum Gasteiger partial charge on any atom is -0.491 e. The van der Waals surface area contributed by atoms with Crippen LogP contribution in [0.15, 0.2) is 36.4 Å². The molecular formula is C17H17Cl2NO2. The third kappa shape index (κ3) is 4.15. The topological polar surface area (TPSA) is 38.3 Å². The van der Waals surface area contributed by atoms with E-state index in [0.717, 1.165) is 5.56 Å². The molecule has 0 heterocycles. The Morgan fingerprint density at radius 3 is 2.27 bits per heavy atom. The first-order valence-electron chi connectivity index (χ1n) is 6.97. The SMILES string of the molecule is CCOc1c(Cl)cc(C(=O)NCc2ccc(C)cc2)cc1Cl. The van der Waals surface area contributed by atoms with Crippen LogP contribution in [-0.2, 0) is 6.54 Å². The van der Waals surface area contributed by atoms with Gasteiger partial charge >= 0.3 is 0 Å². The molecule has 0 atom stereocenters. The van der Waals surface area contributed by atoms with Crippen LogP contribution in [0.3, 0.4) is 0 Å². The maximum Gasteiger partial charge on any atom is 0.251 e. The predicted octanol–water partition coefficient (Wildman–Crippen LogP) is 4.63. The second kappa shape index (κ2) is 7.52. The van der Waals surface area contributed by atoms with Crippen molar-refractivity contribution in [3.8, 4) is 5.75 Å². The Morgan fingerprint density at radius 2 is 1.73 bits per heavy atom. The minimum absolute atomic E-state index is 0.229. The standard InChI is InChI=1S/C17H17Cl2NO2/c1-3-22-16-14(18)8-13(9-15(16)19)17(21)20-10-12-6-4-11(2)5-7-12/h4-9H,3,10H2,1-2H3,(H,20,21). The first-order valence-corrected chi connectivity index (χ1v) is 7.72. The number of hydrogen-bond donors (Lipinski definition) is 1. The minimum atomic E-state index is -0.229. The number of nitrogens with one attached hydrogen (secondary N) is 1. The summed E-state index contributed by atoms with van der Waals surface area (Å²) in [7, 11) is 0. The molecule has 1 N–H and O–H groups in total. The zero-order valence-corrected chi connectivity index (χ0v) is 14.0. The van der Waals surface area contributed by atoms with Crippen LogP contribution in [0.1, 0.15) is 28.4 Å². The molecule has 22 heavy (non-hydrogen) atoms. The van der Waals surface area contributed by atoms with Gasteiger partial charge in [0, 0.05) is 12.1 Å². The van der Waals surface area contributed by atoms with Gasteiger partial charge in [-0.05, 0) is 31.5 Å². The van der Waals surface area contributed by atoms with E-state index in [-0.39, 0.29) is 5.91 Å². The zero-order chi connectivity index (χ0) is 16.1. The smallest absolute Gasteiger partial charge is 0.251 e. The van der Waals surface area contributed by atoms with Gasteiger partial charge in [-0.1, -0.05) is 53.0 Å². The molecule has 2 rings (SSSR count). The number of carbonyl (C=O) groups excluding carboxylic acids is 1. The summed E-state index contributed by atoms with van der Waals surface area (Å²) in [6, 6.07) is 11.1. The number of hydrogen-bond acceptors (Lipinski definition) is 2.